The number of nitro groups is 1. The Bertz CT molecular complexity index is 516. The number of nitrogens with zero attached hydrogens (tertiary/aromatic N) is 4. The second-order valence-electron chi connectivity index (χ2n) is 2.55. The standard InChI is InChI=1S/C7H3BrN4O2/c8-4-1-6-5(3-9-11-10-6)7(2-4)12(13)14/h1-3H. The topological polar surface area (TPSA) is 81.8 Å². The van der Waals surface area contributed by atoms with E-state index in [0.29, 0.717) is 15.4 Å². The normalized spacial score (nSPS) is 10.4. The van der Waals surface area contributed by atoms with Crippen molar-refractivity contribution in [2.75, 3.05) is 0 Å². The average molecular weight is 255 g/mol. The van der Waals surface area contributed by atoms with E-state index in [-0.39, 0.29) is 5.69 Å². The Morgan fingerprint density at radius 3 is 2.93 bits per heavy atom. The highest BCUT2D eigenvalue weighted by atomic mass is 79.9. The van der Waals surface area contributed by atoms with Crippen LogP contribution in [0.5, 0.6) is 0 Å². The maximum atomic E-state index is 10.7. The Hall–Kier alpha value is -1.63. The van der Waals surface area contributed by atoms with Gasteiger partial charge in [-0.15, -0.1) is 10.2 Å². The first kappa shape index (κ1) is 8.95. The molecule has 2 rings (SSSR count). The van der Waals surface area contributed by atoms with E-state index in [1.165, 1.54) is 12.3 Å². The number of hydrogen-bond acceptors (Lipinski definition) is 5. The third-order valence-corrected chi connectivity index (χ3v) is 2.15. The van der Waals surface area contributed by atoms with E-state index in [4.69, 9.17) is 0 Å². The number of hydrogen-bond donors (Lipinski definition) is 0. The van der Waals surface area contributed by atoms with Gasteiger partial charge in [0.05, 0.1) is 11.1 Å². The van der Waals surface area contributed by atoms with E-state index in [2.05, 4.69) is 31.3 Å². The lowest BCUT2D eigenvalue weighted by atomic mass is 10.2. The molecule has 0 radical (unpaired) electrons. The Labute approximate surface area is 86.2 Å². The van der Waals surface area contributed by atoms with Crippen LogP contribution in [0.2, 0.25) is 0 Å². The minimum atomic E-state index is -0.476. The summed E-state index contributed by atoms with van der Waals surface area (Å²) in [6.45, 7) is 0. The highest BCUT2D eigenvalue weighted by Crippen LogP contribution is 2.27. The molecule has 0 aliphatic carbocycles. The zero-order chi connectivity index (χ0) is 10.1. The summed E-state index contributed by atoms with van der Waals surface area (Å²) in [5.74, 6) is 0. The van der Waals surface area contributed by atoms with Crippen molar-refractivity contribution >= 4 is 32.5 Å². The monoisotopic (exact) mass is 254 g/mol. The van der Waals surface area contributed by atoms with Gasteiger partial charge in [0.25, 0.3) is 5.69 Å². The lowest BCUT2D eigenvalue weighted by molar-refractivity contribution is -0.383. The predicted molar refractivity (Wildman–Crippen MR) is 51.7 cm³/mol. The molecule has 0 saturated heterocycles. The molecule has 0 N–H and O–H groups in total. The van der Waals surface area contributed by atoms with Gasteiger partial charge in [0.1, 0.15) is 10.9 Å². The van der Waals surface area contributed by atoms with Crippen LogP contribution < -0.4 is 0 Å². The van der Waals surface area contributed by atoms with Crippen LogP contribution in [0.1, 0.15) is 0 Å². The number of non-ortho nitro benzene ring substituents is 1. The van der Waals surface area contributed by atoms with Gasteiger partial charge in [-0.1, -0.05) is 15.9 Å². The van der Waals surface area contributed by atoms with Gasteiger partial charge in [-0.25, -0.2) is 0 Å². The summed E-state index contributed by atoms with van der Waals surface area (Å²) >= 11 is 3.16. The summed E-state index contributed by atoms with van der Waals surface area (Å²) < 4.78 is 0.595. The molecule has 0 saturated carbocycles. The number of halogens is 1. The van der Waals surface area contributed by atoms with Gasteiger partial charge >= 0.3 is 0 Å². The SMILES string of the molecule is O=[N+]([O-])c1cc(Br)cc2nnncc12. The van der Waals surface area contributed by atoms with Gasteiger partial charge in [-0.05, 0) is 11.3 Å². The van der Waals surface area contributed by atoms with Gasteiger partial charge in [0.2, 0.25) is 0 Å². The molecular formula is C7H3BrN4O2. The molecule has 1 heterocycles. The number of rotatable bonds is 1. The van der Waals surface area contributed by atoms with Crippen molar-refractivity contribution in [1.82, 2.24) is 15.4 Å². The van der Waals surface area contributed by atoms with Crippen LogP contribution in [0.15, 0.2) is 22.8 Å². The minimum absolute atomic E-state index is 0.0308. The molecule has 1 aromatic carbocycles. The number of fused-ring (bicyclic) bond motifs is 1. The quantitative estimate of drug-likeness (QED) is 0.572. The maximum absolute atomic E-state index is 10.7. The zero-order valence-electron chi connectivity index (χ0n) is 6.72. The molecule has 0 bridgehead atoms. The van der Waals surface area contributed by atoms with Crippen LogP contribution in [0.25, 0.3) is 10.9 Å². The summed E-state index contributed by atoms with van der Waals surface area (Å²) in [5.41, 5.74) is 0.415. The molecule has 0 spiro atoms. The fourth-order valence-electron chi connectivity index (χ4n) is 1.11. The molecule has 14 heavy (non-hydrogen) atoms. The van der Waals surface area contributed by atoms with Gasteiger partial charge in [0.15, 0.2) is 0 Å². The molecule has 0 unspecified atom stereocenters. The second kappa shape index (κ2) is 3.26. The molecule has 0 atom stereocenters. The van der Waals surface area contributed by atoms with Gasteiger partial charge in [0, 0.05) is 10.5 Å². The second-order valence-corrected chi connectivity index (χ2v) is 3.46. The van der Waals surface area contributed by atoms with Crippen LogP contribution in [0, 0.1) is 10.1 Å². The number of benzene rings is 1. The molecular weight excluding hydrogens is 252 g/mol. The first-order valence-corrected chi connectivity index (χ1v) is 4.40. The zero-order valence-corrected chi connectivity index (χ0v) is 8.30. The van der Waals surface area contributed by atoms with Crippen molar-refractivity contribution in [1.29, 1.82) is 0 Å². The van der Waals surface area contributed by atoms with Crippen molar-refractivity contribution in [3.05, 3.63) is 32.9 Å². The van der Waals surface area contributed by atoms with E-state index in [1.807, 2.05) is 0 Å². The Kier molecular flexibility index (Phi) is 2.08. The molecule has 0 fully saturated rings. The summed E-state index contributed by atoms with van der Waals surface area (Å²) in [5, 5.41) is 21.7. The Balaban J connectivity index is 2.87. The molecule has 0 aliphatic heterocycles. The summed E-state index contributed by atoms with van der Waals surface area (Å²) in [6.07, 6.45) is 1.33. The third kappa shape index (κ3) is 1.41. The maximum Gasteiger partial charge on any atom is 0.281 e. The molecule has 70 valence electrons. The number of nitro benzene ring substituents is 1. The highest BCUT2D eigenvalue weighted by molar-refractivity contribution is 9.10. The molecule has 0 aliphatic rings. The van der Waals surface area contributed by atoms with E-state index in [1.54, 1.807) is 6.07 Å². The van der Waals surface area contributed by atoms with E-state index in [9.17, 15) is 10.1 Å². The van der Waals surface area contributed by atoms with Gasteiger partial charge < -0.3 is 0 Å². The molecule has 2 aromatic rings. The lowest BCUT2D eigenvalue weighted by Crippen LogP contribution is -1.93. The van der Waals surface area contributed by atoms with E-state index < -0.39 is 4.92 Å². The summed E-state index contributed by atoms with van der Waals surface area (Å²) in [7, 11) is 0. The van der Waals surface area contributed by atoms with E-state index >= 15 is 0 Å². The first-order valence-electron chi connectivity index (χ1n) is 3.60. The van der Waals surface area contributed by atoms with Crippen molar-refractivity contribution in [2.45, 2.75) is 0 Å². The third-order valence-electron chi connectivity index (χ3n) is 1.69. The Morgan fingerprint density at radius 2 is 2.21 bits per heavy atom. The van der Waals surface area contributed by atoms with Gasteiger partial charge in [-0.3, -0.25) is 10.1 Å². The first-order chi connectivity index (χ1) is 6.68. The van der Waals surface area contributed by atoms with E-state index in [0.717, 1.165) is 0 Å². The minimum Gasteiger partial charge on any atom is -0.258 e. The fourth-order valence-corrected chi connectivity index (χ4v) is 1.55. The Morgan fingerprint density at radius 1 is 1.43 bits per heavy atom. The van der Waals surface area contributed by atoms with Crippen molar-refractivity contribution < 1.29 is 4.92 Å². The van der Waals surface area contributed by atoms with Crippen LogP contribution in [-0.4, -0.2) is 20.3 Å². The molecule has 0 amide bonds. The highest BCUT2D eigenvalue weighted by Gasteiger charge is 2.13. The largest absolute Gasteiger partial charge is 0.281 e. The van der Waals surface area contributed by atoms with Crippen LogP contribution in [0.3, 0.4) is 0 Å². The summed E-state index contributed by atoms with van der Waals surface area (Å²) in [4.78, 5) is 10.2. The van der Waals surface area contributed by atoms with Crippen molar-refractivity contribution in [2.24, 2.45) is 0 Å². The fraction of sp³-hybridized carbons (Fsp3) is 0. The molecule has 7 heteroatoms. The lowest BCUT2D eigenvalue weighted by Gasteiger charge is -1.97. The molecule has 6 nitrogen and oxygen atoms in total. The van der Waals surface area contributed by atoms with Crippen LogP contribution >= 0.6 is 15.9 Å². The average Bonchev–Trinajstić information content (AvgIpc) is 2.16. The summed E-state index contributed by atoms with van der Waals surface area (Å²) in [6, 6.07) is 3.06. The van der Waals surface area contributed by atoms with Crippen molar-refractivity contribution in [3.8, 4) is 0 Å². The van der Waals surface area contributed by atoms with Gasteiger partial charge in [-0.2, -0.15) is 0 Å². The van der Waals surface area contributed by atoms with Crippen LogP contribution in [0.4, 0.5) is 5.69 Å². The smallest absolute Gasteiger partial charge is 0.258 e. The van der Waals surface area contributed by atoms with Crippen LogP contribution in [-0.2, 0) is 0 Å². The number of aromatic nitrogens is 3. The predicted octanol–water partition coefficient (Wildman–Crippen LogP) is 1.70. The van der Waals surface area contributed by atoms with Crippen molar-refractivity contribution in [3.63, 3.8) is 0 Å². The molecule has 1 aromatic heterocycles.